The highest BCUT2D eigenvalue weighted by atomic mass is 16.5. The van der Waals surface area contributed by atoms with E-state index in [0.717, 1.165) is 36.5 Å². The van der Waals surface area contributed by atoms with Crippen LogP contribution in [0.1, 0.15) is 18.9 Å². The SMILES string of the molecule is C=CCc1ccc(OCCC)cc1OC. The predicted octanol–water partition coefficient (Wildman–Crippen LogP) is 3.21. The van der Waals surface area contributed by atoms with Gasteiger partial charge in [-0.2, -0.15) is 0 Å². The van der Waals surface area contributed by atoms with E-state index in [9.17, 15) is 0 Å². The molecule has 15 heavy (non-hydrogen) atoms. The lowest BCUT2D eigenvalue weighted by Crippen LogP contribution is -1.97. The summed E-state index contributed by atoms with van der Waals surface area (Å²) in [7, 11) is 1.67. The van der Waals surface area contributed by atoms with Crippen LogP contribution in [0.4, 0.5) is 0 Å². The van der Waals surface area contributed by atoms with Crippen molar-refractivity contribution in [1.29, 1.82) is 0 Å². The number of hydrogen-bond donors (Lipinski definition) is 0. The Morgan fingerprint density at radius 3 is 2.80 bits per heavy atom. The van der Waals surface area contributed by atoms with E-state index in [0.29, 0.717) is 0 Å². The first-order valence-corrected chi connectivity index (χ1v) is 5.22. The molecule has 0 fully saturated rings. The zero-order chi connectivity index (χ0) is 11.1. The zero-order valence-corrected chi connectivity index (χ0v) is 9.45. The first-order chi connectivity index (χ1) is 7.31. The highest BCUT2D eigenvalue weighted by Gasteiger charge is 2.03. The van der Waals surface area contributed by atoms with Gasteiger partial charge in [0.25, 0.3) is 0 Å². The number of allylic oxidation sites excluding steroid dienone is 1. The lowest BCUT2D eigenvalue weighted by atomic mass is 10.1. The molecule has 0 heterocycles. The standard InChI is InChI=1S/C13H18O2/c1-4-6-11-7-8-12(15-9-5-2)10-13(11)14-3/h4,7-8,10H,1,5-6,9H2,2-3H3. The van der Waals surface area contributed by atoms with Gasteiger partial charge in [0.1, 0.15) is 11.5 Å². The Hall–Kier alpha value is -1.44. The van der Waals surface area contributed by atoms with Crippen LogP contribution in [0, 0.1) is 0 Å². The number of benzene rings is 1. The Labute approximate surface area is 91.5 Å². The van der Waals surface area contributed by atoms with Crippen LogP contribution in [0.2, 0.25) is 0 Å². The molecular formula is C13H18O2. The van der Waals surface area contributed by atoms with Crippen molar-refractivity contribution in [2.45, 2.75) is 19.8 Å². The fourth-order valence-electron chi connectivity index (χ4n) is 1.36. The van der Waals surface area contributed by atoms with E-state index in [4.69, 9.17) is 9.47 Å². The second kappa shape index (κ2) is 6.12. The Kier molecular flexibility index (Phi) is 4.75. The average molecular weight is 206 g/mol. The van der Waals surface area contributed by atoms with E-state index in [1.54, 1.807) is 7.11 Å². The van der Waals surface area contributed by atoms with Crippen LogP contribution < -0.4 is 9.47 Å². The van der Waals surface area contributed by atoms with E-state index in [1.807, 2.05) is 24.3 Å². The van der Waals surface area contributed by atoms with Gasteiger partial charge in [0, 0.05) is 6.07 Å². The van der Waals surface area contributed by atoms with Gasteiger partial charge in [0.15, 0.2) is 0 Å². The number of rotatable bonds is 6. The van der Waals surface area contributed by atoms with Crippen molar-refractivity contribution >= 4 is 0 Å². The molecule has 0 spiro atoms. The van der Waals surface area contributed by atoms with Crippen molar-refractivity contribution in [3.63, 3.8) is 0 Å². The quantitative estimate of drug-likeness (QED) is 0.665. The van der Waals surface area contributed by atoms with Crippen molar-refractivity contribution in [2.24, 2.45) is 0 Å². The molecule has 0 bridgehead atoms. The summed E-state index contributed by atoms with van der Waals surface area (Å²) < 4.78 is 10.8. The molecule has 0 radical (unpaired) electrons. The molecule has 0 aliphatic heterocycles. The number of ether oxygens (including phenoxy) is 2. The van der Waals surface area contributed by atoms with Gasteiger partial charge >= 0.3 is 0 Å². The largest absolute Gasteiger partial charge is 0.496 e. The fourth-order valence-corrected chi connectivity index (χ4v) is 1.36. The molecular weight excluding hydrogens is 188 g/mol. The summed E-state index contributed by atoms with van der Waals surface area (Å²) in [6.45, 7) is 6.54. The second-order valence-electron chi connectivity index (χ2n) is 3.31. The second-order valence-corrected chi connectivity index (χ2v) is 3.31. The van der Waals surface area contributed by atoms with Gasteiger partial charge in [-0.3, -0.25) is 0 Å². The summed E-state index contributed by atoms with van der Waals surface area (Å²) in [5.74, 6) is 1.73. The maximum atomic E-state index is 5.52. The molecule has 0 amide bonds. The minimum Gasteiger partial charge on any atom is -0.496 e. The van der Waals surface area contributed by atoms with Crippen LogP contribution in [0.3, 0.4) is 0 Å². The van der Waals surface area contributed by atoms with E-state index in [1.165, 1.54) is 0 Å². The topological polar surface area (TPSA) is 18.5 Å². The Bertz CT molecular complexity index is 318. The van der Waals surface area contributed by atoms with Crippen molar-refractivity contribution in [1.82, 2.24) is 0 Å². The highest BCUT2D eigenvalue weighted by molar-refractivity contribution is 5.41. The minimum absolute atomic E-state index is 0.740. The third kappa shape index (κ3) is 3.31. The number of hydrogen-bond acceptors (Lipinski definition) is 2. The molecule has 0 atom stereocenters. The molecule has 0 unspecified atom stereocenters. The van der Waals surface area contributed by atoms with Gasteiger partial charge in [0.05, 0.1) is 13.7 Å². The van der Waals surface area contributed by atoms with Crippen LogP contribution in [0.25, 0.3) is 0 Å². The lowest BCUT2D eigenvalue weighted by molar-refractivity contribution is 0.314. The molecule has 0 aromatic heterocycles. The van der Waals surface area contributed by atoms with Gasteiger partial charge < -0.3 is 9.47 Å². The van der Waals surface area contributed by atoms with Crippen molar-refractivity contribution in [2.75, 3.05) is 13.7 Å². The van der Waals surface area contributed by atoms with Crippen molar-refractivity contribution in [3.05, 3.63) is 36.4 Å². The molecule has 0 saturated heterocycles. The Morgan fingerprint density at radius 1 is 1.40 bits per heavy atom. The normalized spacial score (nSPS) is 9.73. The van der Waals surface area contributed by atoms with Gasteiger partial charge in [0.2, 0.25) is 0 Å². The first kappa shape index (κ1) is 11.6. The summed E-state index contributed by atoms with van der Waals surface area (Å²) in [5.41, 5.74) is 1.14. The van der Waals surface area contributed by atoms with Gasteiger partial charge in [-0.25, -0.2) is 0 Å². The smallest absolute Gasteiger partial charge is 0.126 e. The summed E-state index contributed by atoms with van der Waals surface area (Å²) in [6.07, 6.45) is 3.69. The summed E-state index contributed by atoms with van der Waals surface area (Å²) in [6, 6.07) is 5.91. The van der Waals surface area contributed by atoms with E-state index >= 15 is 0 Å². The Morgan fingerprint density at radius 2 is 2.20 bits per heavy atom. The van der Waals surface area contributed by atoms with E-state index < -0.39 is 0 Å². The highest BCUT2D eigenvalue weighted by Crippen LogP contribution is 2.25. The molecule has 1 rings (SSSR count). The van der Waals surface area contributed by atoms with Crippen LogP contribution in [0.5, 0.6) is 11.5 Å². The minimum atomic E-state index is 0.740. The van der Waals surface area contributed by atoms with E-state index in [-0.39, 0.29) is 0 Å². The maximum absolute atomic E-state index is 5.52. The van der Waals surface area contributed by atoms with Crippen LogP contribution in [0.15, 0.2) is 30.9 Å². The molecule has 2 nitrogen and oxygen atoms in total. The molecule has 0 saturated carbocycles. The van der Waals surface area contributed by atoms with Crippen LogP contribution >= 0.6 is 0 Å². The van der Waals surface area contributed by atoms with Crippen LogP contribution in [-0.4, -0.2) is 13.7 Å². The predicted molar refractivity (Wildman–Crippen MR) is 62.7 cm³/mol. The van der Waals surface area contributed by atoms with Crippen LogP contribution in [-0.2, 0) is 6.42 Å². The lowest BCUT2D eigenvalue weighted by Gasteiger charge is -2.10. The summed E-state index contributed by atoms with van der Waals surface area (Å²) >= 11 is 0. The monoisotopic (exact) mass is 206 g/mol. The molecule has 0 N–H and O–H groups in total. The molecule has 1 aromatic rings. The summed E-state index contributed by atoms with van der Waals surface area (Å²) in [4.78, 5) is 0. The molecule has 0 aliphatic carbocycles. The molecule has 82 valence electrons. The fraction of sp³-hybridized carbons (Fsp3) is 0.385. The van der Waals surface area contributed by atoms with Gasteiger partial charge in [-0.15, -0.1) is 6.58 Å². The van der Waals surface area contributed by atoms with Crippen molar-refractivity contribution in [3.8, 4) is 11.5 Å². The third-order valence-corrected chi connectivity index (χ3v) is 2.10. The van der Waals surface area contributed by atoms with Gasteiger partial charge in [-0.05, 0) is 24.5 Å². The Balaban J connectivity index is 2.81. The summed E-state index contributed by atoms with van der Waals surface area (Å²) in [5, 5.41) is 0. The number of methoxy groups -OCH3 is 1. The molecule has 0 aliphatic rings. The van der Waals surface area contributed by atoms with E-state index in [2.05, 4.69) is 13.5 Å². The maximum Gasteiger partial charge on any atom is 0.126 e. The third-order valence-electron chi connectivity index (χ3n) is 2.10. The molecule has 1 aromatic carbocycles. The van der Waals surface area contributed by atoms with Gasteiger partial charge in [-0.1, -0.05) is 19.1 Å². The van der Waals surface area contributed by atoms with Crippen molar-refractivity contribution < 1.29 is 9.47 Å². The zero-order valence-electron chi connectivity index (χ0n) is 9.45. The average Bonchev–Trinajstić information content (AvgIpc) is 2.28. The first-order valence-electron chi connectivity index (χ1n) is 5.22. The molecule has 2 heteroatoms.